The smallest absolute Gasteiger partial charge is 0.409 e. The molecule has 1 amide bonds. The maximum absolute atomic E-state index is 10.9. The van der Waals surface area contributed by atoms with E-state index < -0.39 is 5.43 Å². The summed E-state index contributed by atoms with van der Waals surface area (Å²) >= 11 is 4.19. The highest BCUT2D eigenvalue weighted by Gasteiger charge is 2.07. The Labute approximate surface area is 88.6 Å². The number of halogens is 1. The summed E-state index contributed by atoms with van der Waals surface area (Å²) in [5.41, 5.74) is -1.36. The van der Waals surface area contributed by atoms with Crippen molar-refractivity contribution in [2.75, 3.05) is 19.7 Å². The van der Waals surface area contributed by atoms with Crippen molar-refractivity contribution in [2.24, 2.45) is 0 Å². The maximum Gasteiger partial charge on any atom is 0.409 e. The van der Waals surface area contributed by atoms with Gasteiger partial charge in [-0.15, -0.1) is 0 Å². The Morgan fingerprint density at radius 3 is 1.86 bits per heavy atom. The van der Waals surface area contributed by atoms with Crippen LogP contribution in [0.25, 0.3) is 0 Å². The molecule has 0 aromatic heterocycles. The molecule has 0 atom stereocenters. The molecule has 5 nitrogen and oxygen atoms in total. The zero-order valence-electron chi connectivity index (χ0n) is 8.62. The summed E-state index contributed by atoms with van der Waals surface area (Å²) in [6.07, 6.45) is -0.215. The molecule has 0 aliphatic heterocycles. The average molecular weight is 226 g/mol. The lowest BCUT2D eigenvalue weighted by atomic mass is 10.6. The van der Waals surface area contributed by atoms with Crippen LogP contribution < -0.4 is 0 Å². The molecular weight excluding hydrogens is 210 g/mol. The second-order valence-corrected chi connectivity index (χ2v) is 2.45. The van der Waals surface area contributed by atoms with Gasteiger partial charge < -0.3 is 14.7 Å². The van der Waals surface area contributed by atoms with Gasteiger partial charge in [0, 0.05) is 24.7 Å². The lowest BCUT2D eigenvalue weighted by Gasteiger charge is -2.16. The van der Waals surface area contributed by atoms with Crippen LogP contribution in [-0.4, -0.2) is 41.2 Å². The van der Waals surface area contributed by atoms with Crippen molar-refractivity contribution in [1.29, 1.82) is 0 Å². The summed E-state index contributed by atoms with van der Waals surface area (Å²) < 4.78 is 4.77. The molecule has 0 aliphatic carbocycles. The third-order valence-electron chi connectivity index (χ3n) is 1.29. The molecular formula is C8H16ClNO4. The molecule has 0 radical (unpaired) electrons. The zero-order valence-corrected chi connectivity index (χ0v) is 9.37. The number of hydrogen-bond acceptors (Lipinski definition) is 3. The zero-order chi connectivity index (χ0) is 11.6. The number of ether oxygens (including phenoxy) is 1. The van der Waals surface area contributed by atoms with Crippen LogP contribution in [0.1, 0.15) is 20.8 Å². The van der Waals surface area contributed by atoms with E-state index >= 15 is 0 Å². The Morgan fingerprint density at radius 2 is 1.64 bits per heavy atom. The number of amides is 1. The molecule has 0 heterocycles. The highest BCUT2D eigenvalue weighted by molar-refractivity contribution is 6.60. The molecule has 84 valence electrons. The van der Waals surface area contributed by atoms with Crippen LogP contribution in [0.3, 0.4) is 0 Å². The topological polar surface area (TPSA) is 66.8 Å². The predicted octanol–water partition coefficient (Wildman–Crippen LogP) is 2.39. The van der Waals surface area contributed by atoms with Crippen LogP contribution in [0.15, 0.2) is 0 Å². The third-order valence-corrected chi connectivity index (χ3v) is 1.29. The van der Waals surface area contributed by atoms with Gasteiger partial charge in [-0.2, -0.15) is 0 Å². The molecule has 0 unspecified atom stereocenters. The van der Waals surface area contributed by atoms with Gasteiger partial charge in [0.1, 0.15) is 0 Å². The summed E-state index contributed by atoms with van der Waals surface area (Å²) in [5, 5.41) is 7.18. The fraction of sp³-hybridized carbons (Fsp3) is 0.750. The second kappa shape index (κ2) is 10.1. The lowest BCUT2D eigenvalue weighted by Crippen LogP contribution is -2.30. The van der Waals surface area contributed by atoms with E-state index in [1.807, 2.05) is 13.8 Å². The molecule has 0 fully saturated rings. The molecule has 0 aromatic rings. The van der Waals surface area contributed by atoms with Crippen molar-refractivity contribution in [2.45, 2.75) is 20.8 Å². The summed E-state index contributed by atoms with van der Waals surface area (Å²) in [6, 6.07) is 0. The Balaban J connectivity index is 0. The normalized spacial score (nSPS) is 8.29. The van der Waals surface area contributed by atoms with E-state index in [0.29, 0.717) is 6.61 Å². The number of carbonyl (C=O) groups is 2. The minimum atomic E-state index is -1.36. The molecule has 0 saturated heterocycles. The lowest BCUT2D eigenvalue weighted by molar-refractivity contribution is 0.111. The average Bonchev–Trinajstić information content (AvgIpc) is 2.06. The van der Waals surface area contributed by atoms with E-state index in [9.17, 15) is 4.79 Å². The highest BCUT2D eigenvalue weighted by Crippen LogP contribution is 1.91. The molecule has 0 saturated carbocycles. The van der Waals surface area contributed by atoms with Crippen LogP contribution in [0, 0.1) is 0 Å². The van der Waals surface area contributed by atoms with Crippen LogP contribution >= 0.6 is 11.6 Å². The van der Waals surface area contributed by atoms with E-state index in [4.69, 9.17) is 14.6 Å². The molecule has 0 bridgehead atoms. The van der Waals surface area contributed by atoms with E-state index in [-0.39, 0.29) is 6.09 Å². The monoisotopic (exact) mass is 225 g/mol. The Bertz CT molecular complexity index is 167. The first-order valence-electron chi connectivity index (χ1n) is 4.29. The Morgan fingerprint density at radius 1 is 1.29 bits per heavy atom. The van der Waals surface area contributed by atoms with Crippen molar-refractivity contribution in [1.82, 2.24) is 4.90 Å². The van der Waals surface area contributed by atoms with Crippen molar-refractivity contribution >= 4 is 23.1 Å². The Kier molecular flexibility index (Phi) is 11.2. The number of hydrogen-bond donors (Lipinski definition) is 1. The van der Waals surface area contributed by atoms with Gasteiger partial charge in [0.2, 0.25) is 0 Å². The Hall–Kier alpha value is -0.970. The molecule has 0 spiro atoms. The first-order chi connectivity index (χ1) is 6.49. The van der Waals surface area contributed by atoms with Gasteiger partial charge in [-0.05, 0) is 20.8 Å². The van der Waals surface area contributed by atoms with E-state index in [2.05, 4.69) is 11.6 Å². The number of rotatable bonds is 3. The molecule has 0 aliphatic rings. The number of carbonyl (C=O) groups excluding carboxylic acids is 1. The van der Waals surface area contributed by atoms with E-state index in [1.165, 1.54) is 0 Å². The highest BCUT2D eigenvalue weighted by atomic mass is 35.5. The number of nitrogens with zero attached hydrogens (tertiary/aromatic N) is 1. The number of carboxylic acid groups (broad SMARTS) is 1. The SMILES string of the molecule is CCOC(=O)N(CC)CC.O=C(O)Cl. The van der Waals surface area contributed by atoms with Crippen molar-refractivity contribution in [3.8, 4) is 0 Å². The second-order valence-electron chi connectivity index (χ2n) is 2.12. The molecule has 0 aromatic carbocycles. The van der Waals surface area contributed by atoms with Crippen molar-refractivity contribution < 1.29 is 19.4 Å². The van der Waals surface area contributed by atoms with Gasteiger partial charge in [-0.25, -0.2) is 9.59 Å². The minimum Gasteiger partial charge on any atom is -0.469 e. The van der Waals surface area contributed by atoms with Gasteiger partial charge in [0.15, 0.2) is 0 Å². The fourth-order valence-electron chi connectivity index (χ4n) is 0.697. The van der Waals surface area contributed by atoms with Crippen LogP contribution in [0.5, 0.6) is 0 Å². The molecule has 0 rings (SSSR count). The van der Waals surface area contributed by atoms with Gasteiger partial charge in [-0.3, -0.25) is 0 Å². The minimum absolute atomic E-state index is 0.215. The van der Waals surface area contributed by atoms with Crippen molar-refractivity contribution in [3.63, 3.8) is 0 Å². The van der Waals surface area contributed by atoms with Gasteiger partial charge >= 0.3 is 11.5 Å². The predicted molar refractivity (Wildman–Crippen MR) is 53.8 cm³/mol. The largest absolute Gasteiger partial charge is 0.469 e. The molecule has 14 heavy (non-hydrogen) atoms. The summed E-state index contributed by atoms with van der Waals surface area (Å²) in [6.45, 7) is 7.56. The van der Waals surface area contributed by atoms with Gasteiger partial charge in [0.25, 0.3) is 0 Å². The van der Waals surface area contributed by atoms with E-state index in [1.54, 1.807) is 11.8 Å². The molecule has 1 N–H and O–H groups in total. The first kappa shape index (κ1) is 15.5. The third kappa shape index (κ3) is 11.0. The summed E-state index contributed by atoms with van der Waals surface area (Å²) in [7, 11) is 0. The summed E-state index contributed by atoms with van der Waals surface area (Å²) in [4.78, 5) is 21.3. The first-order valence-corrected chi connectivity index (χ1v) is 4.67. The van der Waals surface area contributed by atoms with Crippen LogP contribution in [-0.2, 0) is 4.74 Å². The molecule has 6 heteroatoms. The quantitative estimate of drug-likeness (QED) is 0.749. The summed E-state index contributed by atoms with van der Waals surface area (Å²) in [5.74, 6) is 0. The van der Waals surface area contributed by atoms with Gasteiger partial charge in [0.05, 0.1) is 6.61 Å². The van der Waals surface area contributed by atoms with Crippen LogP contribution in [0.4, 0.5) is 9.59 Å². The van der Waals surface area contributed by atoms with Crippen molar-refractivity contribution in [3.05, 3.63) is 0 Å². The van der Waals surface area contributed by atoms with E-state index in [0.717, 1.165) is 13.1 Å². The van der Waals surface area contributed by atoms with Gasteiger partial charge in [-0.1, -0.05) is 0 Å². The fourth-order valence-corrected chi connectivity index (χ4v) is 0.697. The standard InChI is InChI=1S/C7H15NO2.CHClO2/c1-4-8(5-2)7(9)10-6-3;2-1(3)4/h4-6H2,1-3H3;(H,3,4). The van der Waals surface area contributed by atoms with Crippen LogP contribution in [0.2, 0.25) is 0 Å². The maximum atomic E-state index is 10.9.